The molecule has 0 aromatic heterocycles. The Balaban J connectivity index is 1.81. The first kappa shape index (κ1) is 6.05. The normalized spacial score (nSPS) is 42.7. The van der Waals surface area contributed by atoms with Crippen LogP contribution in [0, 0.1) is 5.92 Å². The highest BCUT2D eigenvalue weighted by Crippen LogP contribution is 2.44. The lowest BCUT2D eigenvalue weighted by Crippen LogP contribution is -2.04. The first-order valence-electron chi connectivity index (χ1n) is 3.66. The van der Waals surface area contributed by atoms with Crippen LogP contribution in [-0.2, 0) is 4.74 Å². The first-order valence-corrected chi connectivity index (χ1v) is 4.71. The summed E-state index contributed by atoms with van der Waals surface area (Å²) in [6.45, 7) is 2.00. The highest BCUT2D eigenvalue weighted by Gasteiger charge is 2.37. The van der Waals surface area contributed by atoms with Crippen molar-refractivity contribution >= 4 is 11.8 Å². The molecule has 0 aromatic rings. The van der Waals surface area contributed by atoms with Crippen LogP contribution in [-0.4, -0.2) is 24.2 Å². The van der Waals surface area contributed by atoms with Crippen LogP contribution in [0.4, 0.5) is 0 Å². The fraction of sp³-hybridized carbons (Fsp3) is 1.00. The zero-order valence-electron chi connectivity index (χ0n) is 5.51. The van der Waals surface area contributed by atoms with E-state index in [1.807, 2.05) is 0 Å². The third-order valence-corrected chi connectivity index (χ3v) is 3.46. The lowest BCUT2D eigenvalue weighted by molar-refractivity contribution is 0.142. The molecule has 0 radical (unpaired) electrons. The fourth-order valence-electron chi connectivity index (χ4n) is 1.32. The van der Waals surface area contributed by atoms with Crippen LogP contribution in [0.3, 0.4) is 0 Å². The Bertz CT molecular complexity index is 93.1. The van der Waals surface area contributed by atoms with Crippen molar-refractivity contribution in [2.75, 3.05) is 19.0 Å². The van der Waals surface area contributed by atoms with Gasteiger partial charge in [0.15, 0.2) is 0 Å². The topological polar surface area (TPSA) is 9.23 Å². The third kappa shape index (κ3) is 1.41. The largest absolute Gasteiger partial charge is 0.381 e. The summed E-state index contributed by atoms with van der Waals surface area (Å²) in [4.78, 5) is 0. The molecule has 1 aliphatic carbocycles. The maximum atomic E-state index is 5.35. The second kappa shape index (κ2) is 2.51. The van der Waals surface area contributed by atoms with E-state index in [1.54, 1.807) is 0 Å². The number of thioether (sulfide) groups is 1. The molecule has 2 rings (SSSR count). The molecule has 0 spiro atoms. The van der Waals surface area contributed by atoms with E-state index >= 15 is 0 Å². The van der Waals surface area contributed by atoms with Crippen molar-refractivity contribution in [1.29, 1.82) is 0 Å². The summed E-state index contributed by atoms with van der Waals surface area (Å²) in [7, 11) is 0. The number of fused-ring (bicyclic) bond motifs is 1. The summed E-state index contributed by atoms with van der Waals surface area (Å²) in [6.07, 6.45) is 2.78. The van der Waals surface area contributed by atoms with E-state index in [0.717, 1.165) is 24.4 Å². The SMILES string of the molecule is C1CSC2CC2CCO1. The summed E-state index contributed by atoms with van der Waals surface area (Å²) in [6, 6.07) is 0. The van der Waals surface area contributed by atoms with Gasteiger partial charge >= 0.3 is 0 Å². The van der Waals surface area contributed by atoms with Gasteiger partial charge in [0.1, 0.15) is 0 Å². The summed E-state index contributed by atoms with van der Waals surface area (Å²) in [5.41, 5.74) is 0. The lowest BCUT2D eigenvalue weighted by Gasteiger charge is -2.07. The molecule has 52 valence electrons. The van der Waals surface area contributed by atoms with Crippen molar-refractivity contribution in [2.45, 2.75) is 18.1 Å². The Morgan fingerprint density at radius 1 is 1.33 bits per heavy atom. The molecule has 2 atom stereocenters. The summed E-state index contributed by atoms with van der Waals surface area (Å²) >= 11 is 2.10. The van der Waals surface area contributed by atoms with Crippen LogP contribution in [0.5, 0.6) is 0 Å². The molecular formula is C7H12OS. The van der Waals surface area contributed by atoms with E-state index in [1.165, 1.54) is 18.6 Å². The van der Waals surface area contributed by atoms with E-state index in [2.05, 4.69) is 11.8 Å². The number of ether oxygens (including phenoxy) is 1. The predicted molar refractivity (Wildman–Crippen MR) is 39.8 cm³/mol. The maximum absolute atomic E-state index is 5.35. The summed E-state index contributed by atoms with van der Waals surface area (Å²) < 4.78 is 5.35. The molecule has 0 N–H and O–H groups in total. The van der Waals surface area contributed by atoms with Gasteiger partial charge in [-0.15, -0.1) is 0 Å². The van der Waals surface area contributed by atoms with Gasteiger partial charge in [0, 0.05) is 17.6 Å². The number of hydrogen-bond acceptors (Lipinski definition) is 2. The van der Waals surface area contributed by atoms with Crippen molar-refractivity contribution in [2.24, 2.45) is 5.92 Å². The molecule has 2 heteroatoms. The molecule has 1 aliphatic heterocycles. The highest BCUT2D eigenvalue weighted by atomic mass is 32.2. The molecular weight excluding hydrogens is 132 g/mol. The second-order valence-electron chi connectivity index (χ2n) is 2.81. The van der Waals surface area contributed by atoms with Crippen molar-refractivity contribution in [3.8, 4) is 0 Å². The molecule has 0 bridgehead atoms. The standard InChI is InChI=1S/C7H12OS/c1-2-8-3-4-9-7-5-6(1)7/h6-7H,1-5H2. The summed E-state index contributed by atoms with van der Waals surface area (Å²) in [5.74, 6) is 2.25. The third-order valence-electron chi connectivity index (χ3n) is 2.05. The van der Waals surface area contributed by atoms with Gasteiger partial charge in [-0.05, 0) is 18.8 Å². The fourth-order valence-corrected chi connectivity index (χ4v) is 2.63. The molecule has 1 saturated carbocycles. The molecule has 2 unspecified atom stereocenters. The minimum atomic E-state index is 0.980. The Labute approximate surface area is 60.2 Å². The van der Waals surface area contributed by atoms with Gasteiger partial charge in [-0.1, -0.05) is 0 Å². The predicted octanol–water partition coefficient (Wildman–Crippen LogP) is 1.53. The van der Waals surface area contributed by atoms with Crippen LogP contribution < -0.4 is 0 Å². The Morgan fingerprint density at radius 2 is 2.33 bits per heavy atom. The Kier molecular flexibility index (Phi) is 1.68. The molecule has 1 heterocycles. The van der Waals surface area contributed by atoms with Gasteiger partial charge in [0.25, 0.3) is 0 Å². The Hall–Kier alpha value is 0.310. The smallest absolute Gasteiger partial charge is 0.0556 e. The van der Waals surface area contributed by atoms with Crippen LogP contribution in [0.2, 0.25) is 0 Å². The number of rotatable bonds is 0. The zero-order chi connectivity index (χ0) is 6.10. The quantitative estimate of drug-likeness (QED) is 0.510. The van der Waals surface area contributed by atoms with Crippen LogP contribution in [0.25, 0.3) is 0 Å². The monoisotopic (exact) mass is 144 g/mol. The van der Waals surface area contributed by atoms with Gasteiger partial charge in [0.2, 0.25) is 0 Å². The Morgan fingerprint density at radius 3 is 3.33 bits per heavy atom. The first-order chi connectivity index (χ1) is 4.47. The van der Waals surface area contributed by atoms with Crippen molar-refractivity contribution < 1.29 is 4.74 Å². The maximum Gasteiger partial charge on any atom is 0.0556 e. The second-order valence-corrected chi connectivity index (χ2v) is 4.15. The van der Waals surface area contributed by atoms with Crippen LogP contribution >= 0.6 is 11.8 Å². The van der Waals surface area contributed by atoms with Gasteiger partial charge < -0.3 is 4.74 Å². The molecule has 1 saturated heterocycles. The molecule has 9 heavy (non-hydrogen) atoms. The van der Waals surface area contributed by atoms with E-state index in [9.17, 15) is 0 Å². The van der Waals surface area contributed by atoms with E-state index in [4.69, 9.17) is 4.74 Å². The zero-order valence-corrected chi connectivity index (χ0v) is 6.32. The van der Waals surface area contributed by atoms with Gasteiger partial charge in [-0.2, -0.15) is 11.8 Å². The van der Waals surface area contributed by atoms with Crippen LogP contribution in [0.15, 0.2) is 0 Å². The van der Waals surface area contributed by atoms with Gasteiger partial charge in [0.05, 0.1) is 6.61 Å². The van der Waals surface area contributed by atoms with E-state index in [-0.39, 0.29) is 0 Å². The minimum Gasteiger partial charge on any atom is -0.381 e. The van der Waals surface area contributed by atoms with Crippen molar-refractivity contribution in [3.05, 3.63) is 0 Å². The average molecular weight is 144 g/mol. The van der Waals surface area contributed by atoms with Gasteiger partial charge in [-0.25, -0.2) is 0 Å². The van der Waals surface area contributed by atoms with Crippen molar-refractivity contribution in [3.63, 3.8) is 0 Å². The van der Waals surface area contributed by atoms with E-state index < -0.39 is 0 Å². The molecule has 2 fully saturated rings. The molecule has 0 amide bonds. The van der Waals surface area contributed by atoms with Gasteiger partial charge in [-0.3, -0.25) is 0 Å². The number of hydrogen-bond donors (Lipinski definition) is 0. The van der Waals surface area contributed by atoms with Crippen LogP contribution in [0.1, 0.15) is 12.8 Å². The molecule has 0 aromatic carbocycles. The minimum absolute atomic E-state index is 0.980. The lowest BCUT2D eigenvalue weighted by atomic mass is 10.3. The summed E-state index contributed by atoms with van der Waals surface area (Å²) in [5, 5.41) is 1.02. The highest BCUT2D eigenvalue weighted by molar-refractivity contribution is 8.00. The average Bonchev–Trinajstić information content (AvgIpc) is 2.46. The van der Waals surface area contributed by atoms with E-state index in [0.29, 0.717) is 0 Å². The van der Waals surface area contributed by atoms with Crippen molar-refractivity contribution in [1.82, 2.24) is 0 Å². The molecule has 1 nitrogen and oxygen atoms in total. The molecule has 2 aliphatic rings.